The fourth-order valence-electron chi connectivity index (χ4n) is 3.89. The van der Waals surface area contributed by atoms with Crippen LogP contribution in [-0.4, -0.2) is 11.2 Å². The van der Waals surface area contributed by atoms with E-state index in [0.29, 0.717) is 0 Å². The van der Waals surface area contributed by atoms with Crippen molar-refractivity contribution in [3.63, 3.8) is 0 Å². The Bertz CT molecular complexity index is 586. The van der Waals surface area contributed by atoms with Crippen molar-refractivity contribution in [1.82, 2.24) is 0 Å². The van der Waals surface area contributed by atoms with Crippen LogP contribution in [0.15, 0.2) is 41.5 Å². The summed E-state index contributed by atoms with van der Waals surface area (Å²) in [6, 6.07) is 0. The van der Waals surface area contributed by atoms with E-state index in [1.54, 1.807) is 0 Å². The van der Waals surface area contributed by atoms with E-state index in [2.05, 4.69) is 91.8 Å². The van der Waals surface area contributed by atoms with Crippen molar-refractivity contribution in [2.24, 2.45) is 10.8 Å². The molecule has 1 nitrogen and oxygen atoms in total. The van der Waals surface area contributed by atoms with Gasteiger partial charge in [0.1, 0.15) is 5.60 Å². The number of rotatable bonds is 3. The van der Waals surface area contributed by atoms with Crippen molar-refractivity contribution in [3.05, 3.63) is 47.6 Å². The first-order valence-electron chi connectivity index (χ1n) is 8.76. The molecule has 0 amide bonds. The molecule has 0 aliphatic heterocycles. The summed E-state index contributed by atoms with van der Waals surface area (Å²) in [6.45, 7) is 18.0. The zero-order chi connectivity index (χ0) is 17.5. The van der Waals surface area contributed by atoms with Gasteiger partial charge in [-0.05, 0) is 43.6 Å². The zero-order valence-corrected chi connectivity index (χ0v) is 20.5. The van der Waals surface area contributed by atoms with Crippen LogP contribution in [0.25, 0.3) is 0 Å². The fourth-order valence-corrected chi connectivity index (χ4v) is 3.89. The third-order valence-electron chi connectivity index (χ3n) is 4.91. The first-order valence-corrected chi connectivity index (χ1v) is 8.76. The Hall–Kier alpha value is 0.214. The van der Waals surface area contributed by atoms with Crippen molar-refractivity contribution in [2.45, 2.75) is 79.4 Å². The molecule has 145 valence electrons. The Morgan fingerprint density at radius 3 is 1.96 bits per heavy atom. The van der Waals surface area contributed by atoms with E-state index in [1.807, 2.05) is 0 Å². The molecule has 0 spiro atoms. The van der Waals surface area contributed by atoms with Gasteiger partial charge in [0.15, 0.2) is 0 Å². The van der Waals surface area contributed by atoms with Crippen LogP contribution in [0.1, 0.15) is 68.2 Å². The van der Waals surface area contributed by atoms with E-state index in [4.69, 9.17) is 4.74 Å². The van der Waals surface area contributed by atoms with E-state index in [1.165, 1.54) is 11.1 Å². The van der Waals surface area contributed by atoms with Gasteiger partial charge in [-0.3, -0.25) is 6.08 Å². The summed E-state index contributed by atoms with van der Waals surface area (Å²) in [5, 5.41) is 0. The monoisotopic (exact) mass is 431 g/mol. The van der Waals surface area contributed by atoms with Crippen LogP contribution in [0.5, 0.6) is 0 Å². The summed E-state index contributed by atoms with van der Waals surface area (Å²) in [4.78, 5) is 0. The summed E-state index contributed by atoms with van der Waals surface area (Å²) in [5.41, 5.74) is 1.99. The van der Waals surface area contributed by atoms with E-state index in [0.717, 1.165) is 12.8 Å². The SMILES string of the molecule is CC(C)(C)OC1(C(C)(C)C2=[C-]CC=C2)CC=CC=C1C(C)(C)C.[Cl-].[Cl-].[Ti+3]. The van der Waals surface area contributed by atoms with Gasteiger partial charge in [-0.2, -0.15) is 6.08 Å². The third-order valence-corrected chi connectivity index (χ3v) is 4.91. The van der Waals surface area contributed by atoms with Gasteiger partial charge in [-0.1, -0.05) is 52.8 Å². The van der Waals surface area contributed by atoms with Crippen molar-refractivity contribution in [2.75, 3.05) is 0 Å². The second kappa shape index (κ2) is 9.61. The maximum atomic E-state index is 6.87. The maximum absolute atomic E-state index is 6.87. The minimum Gasteiger partial charge on any atom is -1.00 e. The predicted molar refractivity (Wildman–Crippen MR) is 99.2 cm³/mol. The molecule has 0 fully saturated rings. The molecule has 0 saturated carbocycles. The summed E-state index contributed by atoms with van der Waals surface area (Å²) in [5.74, 6) is 0. The Morgan fingerprint density at radius 2 is 1.54 bits per heavy atom. The van der Waals surface area contributed by atoms with Gasteiger partial charge in [0, 0.05) is 0 Å². The Kier molecular flexibility index (Phi) is 10.5. The number of allylic oxidation sites excluding steroid dienone is 5. The van der Waals surface area contributed by atoms with Crippen molar-refractivity contribution in [3.8, 4) is 0 Å². The summed E-state index contributed by atoms with van der Waals surface area (Å²) >= 11 is 0. The van der Waals surface area contributed by atoms with Crippen LogP contribution in [0, 0.1) is 16.9 Å². The van der Waals surface area contributed by atoms with Crippen LogP contribution in [0.3, 0.4) is 0 Å². The number of ether oxygens (including phenoxy) is 1. The van der Waals surface area contributed by atoms with Gasteiger partial charge < -0.3 is 29.6 Å². The molecule has 0 N–H and O–H groups in total. The molecule has 1 unspecified atom stereocenters. The van der Waals surface area contributed by atoms with E-state index >= 15 is 0 Å². The van der Waals surface area contributed by atoms with Crippen LogP contribution < -0.4 is 24.8 Å². The second-order valence-electron chi connectivity index (χ2n) is 9.33. The molecule has 2 aliphatic rings. The van der Waals surface area contributed by atoms with Gasteiger partial charge in [0.25, 0.3) is 0 Å². The average molecular weight is 432 g/mol. The zero-order valence-electron chi connectivity index (χ0n) is 17.5. The molecule has 0 saturated heterocycles. The smallest absolute Gasteiger partial charge is 1.00 e. The van der Waals surface area contributed by atoms with E-state index < -0.39 is 0 Å². The second-order valence-corrected chi connectivity index (χ2v) is 9.33. The van der Waals surface area contributed by atoms with Gasteiger partial charge in [-0.25, -0.2) is 11.6 Å². The molecule has 1 atom stereocenters. The molecule has 26 heavy (non-hydrogen) atoms. The van der Waals surface area contributed by atoms with Crippen molar-refractivity contribution >= 4 is 0 Å². The molecule has 1 radical (unpaired) electrons. The number of hydrogen-bond donors (Lipinski definition) is 0. The molecular weight excluding hydrogens is 399 g/mol. The van der Waals surface area contributed by atoms with Gasteiger partial charge in [-0.15, -0.1) is 6.42 Å². The standard InChI is InChI=1S/C22H33O.2ClH.Ti/c1-19(2,3)18-15-11-12-16-22(18,23-20(4,5)6)21(7,8)17-13-9-10-14-17;;;/h9,11-13,15H,10,16H2,1-8H3;2*1H;/q-1;;;+3/p-2. The Labute approximate surface area is 188 Å². The normalized spacial score (nSPS) is 22.6. The van der Waals surface area contributed by atoms with Gasteiger partial charge in [0.05, 0.1) is 5.60 Å². The summed E-state index contributed by atoms with van der Waals surface area (Å²) < 4.78 is 6.87. The summed E-state index contributed by atoms with van der Waals surface area (Å²) in [7, 11) is 0. The van der Waals surface area contributed by atoms with E-state index in [9.17, 15) is 0 Å². The fraction of sp³-hybridized carbons (Fsp3) is 0.636. The minimum atomic E-state index is -0.352. The van der Waals surface area contributed by atoms with Crippen LogP contribution in [0.4, 0.5) is 0 Å². The van der Waals surface area contributed by atoms with Crippen LogP contribution in [-0.2, 0) is 26.5 Å². The molecule has 2 aliphatic carbocycles. The predicted octanol–water partition coefficient (Wildman–Crippen LogP) is 0.194. The first kappa shape index (κ1) is 28.4. The number of hydrogen-bond acceptors (Lipinski definition) is 1. The molecule has 0 aromatic heterocycles. The quantitative estimate of drug-likeness (QED) is 0.458. The average Bonchev–Trinajstić information content (AvgIpc) is 2.90. The summed E-state index contributed by atoms with van der Waals surface area (Å²) in [6.07, 6.45) is 16.5. The van der Waals surface area contributed by atoms with Gasteiger partial charge >= 0.3 is 21.7 Å². The molecule has 0 aromatic rings. The molecular formula is C22H33Cl2OTi. The van der Waals surface area contributed by atoms with E-state index in [-0.39, 0.29) is 68.6 Å². The molecule has 0 aromatic carbocycles. The Morgan fingerprint density at radius 1 is 0.962 bits per heavy atom. The molecule has 0 bridgehead atoms. The molecule has 0 heterocycles. The number of halogens is 2. The third kappa shape index (κ3) is 5.61. The molecule has 2 rings (SSSR count). The maximum Gasteiger partial charge on any atom is 3.00 e. The van der Waals surface area contributed by atoms with Crippen molar-refractivity contribution < 1.29 is 51.3 Å². The van der Waals surface area contributed by atoms with Crippen LogP contribution in [0.2, 0.25) is 0 Å². The van der Waals surface area contributed by atoms with Crippen molar-refractivity contribution in [1.29, 1.82) is 0 Å². The first-order chi connectivity index (χ1) is 10.4. The minimum absolute atomic E-state index is 0. The van der Waals surface area contributed by atoms with Crippen LogP contribution >= 0.6 is 0 Å². The molecule has 4 heteroatoms. The Balaban J connectivity index is 0. The van der Waals surface area contributed by atoms with Gasteiger partial charge in [0.2, 0.25) is 0 Å². The largest absolute Gasteiger partial charge is 3.00 e. The topological polar surface area (TPSA) is 9.23 Å².